The normalized spacial score (nSPS) is 20.2. The lowest BCUT2D eigenvalue weighted by molar-refractivity contribution is -0.151. The Morgan fingerprint density at radius 1 is 1.12 bits per heavy atom. The highest BCUT2D eigenvalue weighted by atomic mass is 32.2. The number of carbonyl (C=O) groups is 4. The minimum absolute atomic E-state index is 0.0383. The number of nitrogens with zero attached hydrogens (tertiary/aromatic N) is 2. The number of amides is 3. The van der Waals surface area contributed by atoms with Crippen molar-refractivity contribution in [1.29, 1.82) is 0 Å². The number of hydrogen-bond acceptors (Lipinski definition) is 6. The molecule has 0 N–H and O–H groups in total. The second-order valence-corrected chi connectivity index (χ2v) is 7.09. The fourth-order valence-electron chi connectivity index (χ4n) is 3.10. The van der Waals surface area contributed by atoms with Crippen molar-refractivity contribution in [3.05, 3.63) is 24.3 Å². The summed E-state index contributed by atoms with van der Waals surface area (Å²) in [5.41, 5.74) is 0.761. The van der Waals surface area contributed by atoms with Crippen LogP contribution in [0.15, 0.2) is 29.2 Å². The molecule has 0 aromatic heterocycles. The number of imide groups is 1. The summed E-state index contributed by atoms with van der Waals surface area (Å²) in [5, 5.41) is 0. The number of carbonyl (C=O) groups excluding carboxylic acids is 4. The molecule has 26 heavy (non-hydrogen) atoms. The van der Waals surface area contributed by atoms with Gasteiger partial charge >= 0.3 is 5.97 Å². The molecule has 2 heterocycles. The van der Waals surface area contributed by atoms with Gasteiger partial charge in [-0.05, 0) is 30.5 Å². The summed E-state index contributed by atoms with van der Waals surface area (Å²) in [6.45, 7) is 0.311. The summed E-state index contributed by atoms with van der Waals surface area (Å²) in [7, 11) is 0. The van der Waals surface area contributed by atoms with Gasteiger partial charge in [0.05, 0.1) is 12.5 Å². The van der Waals surface area contributed by atoms with Crippen molar-refractivity contribution >= 4 is 41.1 Å². The number of rotatable bonds is 6. The fraction of sp³-hybridized carbons (Fsp3) is 0.444. The second-order valence-electron chi connectivity index (χ2n) is 6.21. The first-order chi connectivity index (χ1) is 12.5. The molecule has 3 amide bonds. The summed E-state index contributed by atoms with van der Waals surface area (Å²) >= 11 is 1.62. The highest BCUT2D eigenvalue weighted by Gasteiger charge is 2.36. The summed E-state index contributed by atoms with van der Waals surface area (Å²) in [5.74, 6) is -1.59. The predicted molar refractivity (Wildman–Crippen MR) is 95.6 cm³/mol. The Kier molecular flexibility index (Phi) is 5.61. The molecule has 2 aliphatic heterocycles. The lowest BCUT2D eigenvalue weighted by Gasteiger charge is -2.17. The fourth-order valence-corrected chi connectivity index (χ4v) is 3.51. The van der Waals surface area contributed by atoms with Gasteiger partial charge in [-0.1, -0.05) is 0 Å². The average Bonchev–Trinajstić information content (AvgIpc) is 3.18. The minimum Gasteiger partial charge on any atom is -0.464 e. The Balaban J connectivity index is 1.51. The van der Waals surface area contributed by atoms with Gasteiger partial charge in [0.25, 0.3) is 0 Å². The predicted octanol–water partition coefficient (Wildman–Crippen LogP) is 1.45. The van der Waals surface area contributed by atoms with E-state index in [2.05, 4.69) is 0 Å². The van der Waals surface area contributed by atoms with Crippen LogP contribution in [0.4, 0.5) is 5.69 Å². The summed E-state index contributed by atoms with van der Waals surface area (Å²) in [6.07, 6.45) is 2.51. The quantitative estimate of drug-likeness (QED) is 0.425. The zero-order valence-corrected chi connectivity index (χ0v) is 15.3. The maximum Gasteiger partial charge on any atom is 0.311 e. The molecule has 3 rings (SSSR count). The van der Waals surface area contributed by atoms with Crippen LogP contribution < -0.4 is 4.90 Å². The topological polar surface area (TPSA) is 84.0 Å². The monoisotopic (exact) mass is 376 g/mol. The Bertz CT molecular complexity index is 718. The van der Waals surface area contributed by atoms with Crippen molar-refractivity contribution in [2.45, 2.75) is 24.2 Å². The van der Waals surface area contributed by atoms with Crippen LogP contribution in [-0.4, -0.2) is 54.5 Å². The third kappa shape index (κ3) is 3.90. The maximum atomic E-state index is 12.2. The van der Waals surface area contributed by atoms with E-state index < -0.39 is 11.9 Å². The molecule has 8 heteroatoms. The zero-order chi connectivity index (χ0) is 18.7. The molecule has 2 saturated heterocycles. The highest BCUT2D eigenvalue weighted by Crippen LogP contribution is 2.27. The molecule has 0 unspecified atom stereocenters. The van der Waals surface area contributed by atoms with Crippen molar-refractivity contribution in [3.63, 3.8) is 0 Å². The second kappa shape index (κ2) is 7.90. The Morgan fingerprint density at radius 2 is 1.77 bits per heavy atom. The first-order valence-electron chi connectivity index (χ1n) is 8.44. The van der Waals surface area contributed by atoms with Gasteiger partial charge in [-0.3, -0.25) is 24.1 Å². The first-order valence-corrected chi connectivity index (χ1v) is 9.66. The maximum absolute atomic E-state index is 12.2. The van der Waals surface area contributed by atoms with Gasteiger partial charge in [-0.25, -0.2) is 0 Å². The van der Waals surface area contributed by atoms with Gasteiger partial charge < -0.3 is 9.64 Å². The highest BCUT2D eigenvalue weighted by molar-refractivity contribution is 7.98. The van der Waals surface area contributed by atoms with Crippen LogP contribution in [0.25, 0.3) is 0 Å². The number of hydrogen-bond donors (Lipinski definition) is 0. The standard InChI is InChI=1S/C18H20N2O5S/c1-26-14-4-2-13(3-5-14)20-11-12(10-17(20)23)18(24)25-9-8-19-15(21)6-7-16(19)22/h2-5,12H,6-11H2,1H3/t12-/m1/s1. The average molecular weight is 376 g/mol. The van der Waals surface area contributed by atoms with Crippen LogP contribution in [0, 0.1) is 5.92 Å². The molecule has 2 fully saturated rings. The van der Waals surface area contributed by atoms with Crippen LogP contribution in [-0.2, 0) is 23.9 Å². The number of esters is 1. The molecule has 7 nitrogen and oxygen atoms in total. The minimum atomic E-state index is -0.535. The number of benzene rings is 1. The zero-order valence-electron chi connectivity index (χ0n) is 14.5. The van der Waals surface area contributed by atoms with Crippen LogP contribution in [0.1, 0.15) is 19.3 Å². The lowest BCUT2D eigenvalue weighted by atomic mass is 10.1. The molecule has 0 spiro atoms. The van der Waals surface area contributed by atoms with Crippen molar-refractivity contribution in [1.82, 2.24) is 4.90 Å². The van der Waals surface area contributed by atoms with Crippen molar-refractivity contribution in [3.8, 4) is 0 Å². The van der Waals surface area contributed by atoms with Crippen LogP contribution in [0.2, 0.25) is 0 Å². The molecule has 1 atom stereocenters. The molecule has 2 aliphatic rings. The van der Waals surface area contributed by atoms with Crippen LogP contribution >= 0.6 is 11.8 Å². The first kappa shape index (κ1) is 18.4. The SMILES string of the molecule is CSc1ccc(N2C[C@H](C(=O)OCCN3C(=O)CCC3=O)CC2=O)cc1. The summed E-state index contributed by atoms with van der Waals surface area (Å²) < 4.78 is 5.19. The molecule has 1 aromatic carbocycles. The van der Waals surface area contributed by atoms with E-state index in [1.807, 2.05) is 30.5 Å². The Hall–Kier alpha value is -2.35. The van der Waals surface area contributed by atoms with E-state index in [1.165, 1.54) is 0 Å². The van der Waals surface area contributed by atoms with E-state index in [4.69, 9.17) is 4.74 Å². The molecule has 1 aromatic rings. The summed E-state index contributed by atoms with van der Waals surface area (Å²) in [6, 6.07) is 7.59. The molecular formula is C18H20N2O5S. The van der Waals surface area contributed by atoms with Gasteiger partial charge in [0.15, 0.2) is 0 Å². The van der Waals surface area contributed by atoms with Crippen molar-refractivity contribution < 1.29 is 23.9 Å². The third-order valence-electron chi connectivity index (χ3n) is 4.56. The van der Waals surface area contributed by atoms with Gasteiger partial charge in [0.1, 0.15) is 6.61 Å². The van der Waals surface area contributed by atoms with Gasteiger partial charge in [0.2, 0.25) is 17.7 Å². The van der Waals surface area contributed by atoms with E-state index in [9.17, 15) is 19.2 Å². The molecule has 0 radical (unpaired) electrons. The van der Waals surface area contributed by atoms with E-state index in [1.54, 1.807) is 16.7 Å². The van der Waals surface area contributed by atoms with E-state index in [0.29, 0.717) is 0 Å². The van der Waals surface area contributed by atoms with E-state index >= 15 is 0 Å². The van der Waals surface area contributed by atoms with Crippen LogP contribution in [0.5, 0.6) is 0 Å². The number of likely N-dealkylation sites (tertiary alicyclic amines) is 1. The van der Waals surface area contributed by atoms with Gasteiger partial charge in [-0.2, -0.15) is 0 Å². The van der Waals surface area contributed by atoms with E-state index in [-0.39, 0.29) is 56.7 Å². The number of ether oxygens (including phenoxy) is 1. The molecule has 0 bridgehead atoms. The molecule has 0 saturated carbocycles. The summed E-state index contributed by atoms with van der Waals surface area (Å²) in [4.78, 5) is 51.3. The van der Waals surface area contributed by atoms with Gasteiger partial charge in [-0.15, -0.1) is 11.8 Å². The van der Waals surface area contributed by atoms with Crippen molar-refractivity contribution in [2.24, 2.45) is 5.92 Å². The number of thioether (sulfide) groups is 1. The van der Waals surface area contributed by atoms with Crippen molar-refractivity contribution in [2.75, 3.05) is 30.9 Å². The number of anilines is 1. The smallest absolute Gasteiger partial charge is 0.311 e. The third-order valence-corrected chi connectivity index (χ3v) is 5.30. The van der Waals surface area contributed by atoms with Crippen LogP contribution in [0.3, 0.4) is 0 Å². The van der Waals surface area contributed by atoms with E-state index in [0.717, 1.165) is 15.5 Å². The van der Waals surface area contributed by atoms with Gasteiger partial charge in [0, 0.05) is 36.4 Å². The molecular weight excluding hydrogens is 356 g/mol. The molecule has 0 aliphatic carbocycles. The lowest BCUT2D eigenvalue weighted by Crippen LogP contribution is -2.33. The molecule has 138 valence electrons. The Morgan fingerprint density at radius 3 is 2.38 bits per heavy atom. The Labute approximate surface area is 155 Å². The largest absolute Gasteiger partial charge is 0.464 e.